The number of rotatable bonds is 3. The Hall–Kier alpha value is -2.70. The molecule has 0 radical (unpaired) electrons. The standard InChI is InChI=1S/C14H16N6O/c1-4-20-12-6-5-10(8-11(12)16-18-20)14(21)15-13-7-9(2)17-19(13)3/h5-8H,4H2,1-3H3,(H,15,21). The van der Waals surface area contributed by atoms with Crippen molar-refractivity contribution in [2.24, 2.45) is 7.05 Å². The van der Waals surface area contributed by atoms with Crippen molar-refractivity contribution < 1.29 is 4.79 Å². The first kappa shape index (κ1) is 13.3. The lowest BCUT2D eigenvalue weighted by Gasteiger charge is -2.05. The van der Waals surface area contributed by atoms with Gasteiger partial charge in [-0.05, 0) is 32.0 Å². The zero-order valence-electron chi connectivity index (χ0n) is 12.2. The van der Waals surface area contributed by atoms with Crippen LogP contribution in [0.1, 0.15) is 23.0 Å². The molecule has 3 aromatic rings. The van der Waals surface area contributed by atoms with Gasteiger partial charge in [-0.25, -0.2) is 4.68 Å². The van der Waals surface area contributed by atoms with Crippen LogP contribution in [0.25, 0.3) is 11.0 Å². The molecule has 0 saturated heterocycles. The molecule has 0 spiro atoms. The van der Waals surface area contributed by atoms with Crippen molar-refractivity contribution in [3.05, 3.63) is 35.5 Å². The first-order valence-corrected chi connectivity index (χ1v) is 6.73. The van der Waals surface area contributed by atoms with E-state index in [2.05, 4.69) is 20.7 Å². The Labute approximate surface area is 121 Å². The van der Waals surface area contributed by atoms with Crippen molar-refractivity contribution in [2.75, 3.05) is 5.32 Å². The molecule has 1 N–H and O–H groups in total. The Kier molecular flexibility index (Phi) is 3.17. The molecular formula is C14H16N6O. The van der Waals surface area contributed by atoms with Crippen LogP contribution in [0.3, 0.4) is 0 Å². The third kappa shape index (κ3) is 2.37. The van der Waals surface area contributed by atoms with Crippen molar-refractivity contribution in [1.29, 1.82) is 0 Å². The Bertz CT molecular complexity index is 816. The maximum atomic E-state index is 12.3. The summed E-state index contributed by atoms with van der Waals surface area (Å²) in [5.74, 6) is 0.473. The number of amides is 1. The second-order valence-corrected chi connectivity index (χ2v) is 4.86. The molecule has 108 valence electrons. The van der Waals surface area contributed by atoms with Crippen LogP contribution in [-0.2, 0) is 13.6 Å². The van der Waals surface area contributed by atoms with E-state index in [0.717, 1.165) is 17.8 Å². The zero-order chi connectivity index (χ0) is 15.0. The van der Waals surface area contributed by atoms with Gasteiger partial charge < -0.3 is 5.32 Å². The molecule has 2 aromatic heterocycles. The van der Waals surface area contributed by atoms with E-state index >= 15 is 0 Å². The summed E-state index contributed by atoms with van der Waals surface area (Å²) < 4.78 is 3.43. The molecule has 0 aliphatic rings. The first-order chi connectivity index (χ1) is 10.1. The largest absolute Gasteiger partial charge is 0.307 e. The number of aromatic nitrogens is 5. The van der Waals surface area contributed by atoms with Gasteiger partial charge in [0.2, 0.25) is 0 Å². The van der Waals surface area contributed by atoms with E-state index in [1.54, 1.807) is 28.5 Å². The lowest BCUT2D eigenvalue weighted by Crippen LogP contribution is -2.14. The number of carbonyl (C=O) groups is 1. The summed E-state index contributed by atoms with van der Waals surface area (Å²) in [4.78, 5) is 12.3. The minimum atomic E-state index is -0.189. The molecule has 0 bridgehead atoms. The molecular weight excluding hydrogens is 268 g/mol. The molecule has 0 saturated carbocycles. The molecule has 7 nitrogen and oxygen atoms in total. The maximum Gasteiger partial charge on any atom is 0.256 e. The fourth-order valence-electron chi connectivity index (χ4n) is 2.26. The molecule has 21 heavy (non-hydrogen) atoms. The fraction of sp³-hybridized carbons (Fsp3) is 0.286. The highest BCUT2D eigenvalue weighted by Crippen LogP contribution is 2.15. The average molecular weight is 284 g/mol. The van der Waals surface area contributed by atoms with Crippen LogP contribution < -0.4 is 5.32 Å². The topological polar surface area (TPSA) is 77.6 Å². The first-order valence-electron chi connectivity index (χ1n) is 6.73. The number of hydrogen-bond donors (Lipinski definition) is 1. The SMILES string of the molecule is CCn1nnc2cc(C(=O)Nc3cc(C)nn3C)ccc21. The van der Waals surface area contributed by atoms with Crippen molar-refractivity contribution >= 4 is 22.8 Å². The summed E-state index contributed by atoms with van der Waals surface area (Å²) in [5.41, 5.74) is 3.04. The van der Waals surface area contributed by atoms with Crippen LogP contribution in [0.5, 0.6) is 0 Å². The number of fused-ring (bicyclic) bond motifs is 1. The number of aryl methyl sites for hydroxylation is 3. The molecule has 0 aliphatic carbocycles. The van der Waals surface area contributed by atoms with Gasteiger partial charge in [-0.3, -0.25) is 9.48 Å². The lowest BCUT2D eigenvalue weighted by atomic mass is 10.2. The molecule has 1 aromatic carbocycles. The number of benzene rings is 1. The van der Waals surface area contributed by atoms with Gasteiger partial charge in [-0.1, -0.05) is 5.21 Å². The van der Waals surface area contributed by atoms with Gasteiger partial charge in [-0.2, -0.15) is 5.10 Å². The average Bonchev–Trinajstić information content (AvgIpc) is 3.01. The van der Waals surface area contributed by atoms with Crippen LogP contribution in [0.2, 0.25) is 0 Å². The van der Waals surface area contributed by atoms with Gasteiger partial charge in [0.15, 0.2) is 0 Å². The van der Waals surface area contributed by atoms with E-state index in [4.69, 9.17) is 0 Å². The van der Waals surface area contributed by atoms with E-state index in [9.17, 15) is 4.79 Å². The Morgan fingerprint density at radius 1 is 1.33 bits per heavy atom. The normalized spacial score (nSPS) is 11.0. The molecule has 0 unspecified atom stereocenters. The van der Waals surface area contributed by atoms with Gasteiger partial charge >= 0.3 is 0 Å². The monoisotopic (exact) mass is 284 g/mol. The van der Waals surface area contributed by atoms with E-state index in [1.165, 1.54) is 0 Å². The third-order valence-electron chi connectivity index (χ3n) is 3.32. The lowest BCUT2D eigenvalue weighted by molar-refractivity contribution is 0.102. The van der Waals surface area contributed by atoms with Gasteiger partial charge in [-0.15, -0.1) is 5.10 Å². The van der Waals surface area contributed by atoms with Crippen LogP contribution in [0.4, 0.5) is 5.82 Å². The summed E-state index contributed by atoms with van der Waals surface area (Å²) in [6.45, 7) is 4.63. The van der Waals surface area contributed by atoms with E-state index in [-0.39, 0.29) is 5.91 Å². The highest BCUT2D eigenvalue weighted by atomic mass is 16.1. The van der Waals surface area contributed by atoms with Crippen molar-refractivity contribution in [3.63, 3.8) is 0 Å². The minimum Gasteiger partial charge on any atom is -0.307 e. The number of nitrogens with one attached hydrogen (secondary N) is 1. The molecule has 7 heteroatoms. The molecule has 2 heterocycles. The van der Waals surface area contributed by atoms with Crippen molar-refractivity contribution in [3.8, 4) is 0 Å². The number of hydrogen-bond acceptors (Lipinski definition) is 4. The molecule has 0 aliphatic heterocycles. The van der Waals surface area contributed by atoms with E-state index in [0.29, 0.717) is 16.9 Å². The Morgan fingerprint density at radius 3 is 2.81 bits per heavy atom. The summed E-state index contributed by atoms with van der Waals surface area (Å²) >= 11 is 0. The van der Waals surface area contributed by atoms with Crippen LogP contribution in [0.15, 0.2) is 24.3 Å². The predicted molar refractivity (Wildman–Crippen MR) is 79.1 cm³/mol. The maximum absolute atomic E-state index is 12.3. The van der Waals surface area contributed by atoms with Gasteiger partial charge in [0.1, 0.15) is 11.3 Å². The summed E-state index contributed by atoms with van der Waals surface area (Å²) in [6, 6.07) is 7.20. The number of anilines is 1. The predicted octanol–water partition coefficient (Wildman–Crippen LogP) is 1.75. The van der Waals surface area contributed by atoms with Crippen LogP contribution in [0, 0.1) is 6.92 Å². The second kappa shape index (κ2) is 5.01. The summed E-state index contributed by atoms with van der Waals surface area (Å²) in [7, 11) is 1.79. The van der Waals surface area contributed by atoms with Crippen LogP contribution >= 0.6 is 0 Å². The zero-order valence-corrected chi connectivity index (χ0v) is 12.2. The van der Waals surface area contributed by atoms with Gasteiger partial charge in [0.05, 0.1) is 11.2 Å². The summed E-state index contributed by atoms with van der Waals surface area (Å²) in [5, 5.41) is 15.2. The van der Waals surface area contributed by atoms with E-state index < -0.39 is 0 Å². The number of nitrogens with zero attached hydrogens (tertiary/aromatic N) is 5. The smallest absolute Gasteiger partial charge is 0.256 e. The van der Waals surface area contributed by atoms with Gasteiger partial charge in [0, 0.05) is 25.2 Å². The van der Waals surface area contributed by atoms with Gasteiger partial charge in [0.25, 0.3) is 5.91 Å². The van der Waals surface area contributed by atoms with Crippen molar-refractivity contribution in [2.45, 2.75) is 20.4 Å². The molecule has 0 fully saturated rings. The third-order valence-corrected chi connectivity index (χ3v) is 3.32. The molecule has 3 rings (SSSR count). The fourth-order valence-corrected chi connectivity index (χ4v) is 2.26. The Balaban J connectivity index is 1.89. The quantitative estimate of drug-likeness (QED) is 0.794. The number of carbonyl (C=O) groups excluding carboxylic acids is 1. The van der Waals surface area contributed by atoms with Crippen molar-refractivity contribution in [1.82, 2.24) is 24.8 Å². The Morgan fingerprint density at radius 2 is 2.14 bits per heavy atom. The van der Waals surface area contributed by atoms with Crippen LogP contribution in [-0.4, -0.2) is 30.7 Å². The molecule has 0 atom stereocenters. The second-order valence-electron chi connectivity index (χ2n) is 4.86. The van der Waals surface area contributed by atoms with E-state index in [1.807, 2.05) is 26.0 Å². The molecule has 1 amide bonds. The highest BCUT2D eigenvalue weighted by molar-refractivity contribution is 6.05. The summed E-state index contributed by atoms with van der Waals surface area (Å²) in [6.07, 6.45) is 0. The highest BCUT2D eigenvalue weighted by Gasteiger charge is 2.12. The minimum absolute atomic E-state index is 0.189.